The number of rotatable bonds is 3. The highest BCUT2D eigenvalue weighted by molar-refractivity contribution is 6.10. The van der Waals surface area contributed by atoms with Crippen LogP contribution in [0.3, 0.4) is 0 Å². The van der Waals surface area contributed by atoms with E-state index in [-0.39, 0.29) is 0 Å². The Bertz CT molecular complexity index is 2200. The Kier molecular flexibility index (Phi) is 5.24. The molecule has 0 aliphatic carbocycles. The van der Waals surface area contributed by atoms with Crippen molar-refractivity contribution in [3.8, 4) is 33.4 Å². The van der Waals surface area contributed by atoms with Crippen molar-refractivity contribution in [1.82, 2.24) is 0 Å². The van der Waals surface area contributed by atoms with Gasteiger partial charge in [-0.2, -0.15) is 0 Å². The van der Waals surface area contributed by atoms with Crippen molar-refractivity contribution in [3.63, 3.8) is 0 Å². The molecule has 0 atom stereocenters. The standard InChI is InChI=1S/C40H26/c1-2-9-28(10-3-1)39-25-29-12-4-5-13-30(29)26-40(39)34-20-22-38-32(24-34)18-17-31-23-33(19-21-37(31)38)36-16-8-14-27-11-6-7-15-35(27)36/h1-26H. The van der Waals surface area contributed by atoms with Crippen LogP contribution in [0.5, 0.6) is 0 Å². The van der Waals surface area contributed by atoms with Gasteiger partial charge in [0, 0.05) is 0 Å². The molecule has 0 nitrogen and oxygen atoms in total. The van der Waals surface area contributed by atoms with E-state index in [9.17, 15) is 0 Å². The first-order valence-electron chi connectivity index (χ1n) is 13.9. The van der Waals surface area contributed by atoms with E-state index in [4.69, 9.17) is 0 Å². The Morgan fingerprint density at radius 2 is 0.750 bits per heavy atom. The van der Waals surface area contributed by atoms with Crippen molar-refractivity contribution >= 4 is 43.1 Å². The van der Waals surface area contributed by atoms with Gasteiger partial charge in [-0.15, -0.1) is 0 Å². The minimum atomic E-state index is 1.24. The van der Waals surface area contributed by atoms with Crippen LogP contribution in [0.1, 0.15) is 0 Å². The summed E-state index contributed by atoms with van der Waals surface area (Å²) in [5.41, 5.74) is 7.54. The largest absolute Gasteiger partial charge is 0.0622 e. The third-order valence-electron chi connectivity index (χ3n) is 8.22. The average molecular weight is 507 g/mol. The Balaban J connectivity index is 1.28. The van der Waals surface area contributed by atoms with E-state index in [1.165, 1.54) is 76.5 Å². The molecule has 0 spiro atoms. The van der Waals surface area contributed by atoms with Crippen molar-refractivity contribution < 1.29 is 0 Å². The second kappa shape index (κ2) is 9.22. The highest BCUT2D eigenvalue weighted by Gasteiger charge is 2.12. The minimum Gasteiger partial charge on any atom is -0.0622 e. The quantitative estimate of drug-likeness (QED) is 0.209. The van der Waals surface area contributed by atoms with Gasteiger partial charge in [-0.1, -0.05) is 133 Å². The fourth-order valence-electron chi connectivity index (χ4n) is 6.22. The summed E-state index contributed by atoms with van der Waals surface area (Å²) in [4.78, 5) is 0. The first kappa shape index (κ1) is 22.8. The van der Waals surface area contributed by atoms with Gasteiger partial charge in [-0.3, -0.25) is 0 Å². The molecular weight excluding hydrogens is 480 g/mol. The van der Waals surface area contributed by atoms with Crippen LogP contribution in [0.2, 0.25) is 0 Å². The number of fused-ring (bicyclic) bond motifs is 5. The van der Waals surface area contributed by atoms with Gasteiger partial charge < -0.3 is 0 Å². The molecule has 0 N–H and O–H groups in total. The normalized spacial score (nSPS) is 11.5. The van der Waals surface area contributed by atoms with Crippen LogP contribution in [0.25, 0.3) is 76.5 Å². The van der Waals surface area contributed by atoms with Crippen LogP contribution < -0.4 is 0 Å². The molecule has 0 radical (unpaired) electrons. The molecule has 0 amide bonds. The Morgan fingerprint density at radius 3 is 1.43 bits per heavy atom. The summed E-state index contributed by atoms with van der Waals surface area (Å²) in [6.45, 7) is 0. The highest BCUT2D eigenvalue weighted by atomic mass is 14.2. The van der Waals surface area contributed by atoms with Gasteiger partial charge in [0.1, 0.15) is 0 Å². The first-order chi connectivity index (χ1) is 19.8. The Morgan fingerprint density at radius 1 is 0.225 bits per heavy atom. The number of hydrogen-bond donors (Lipinski definition) is 0. The molecule has 0 aromatic heterocycles. The monoisotopic (exact) mass is 506 g/mol. The summed E-state index contributed by atoms with van der Waals surface area (Å²) in [6.07, 6.45) is 0. The summed E-state index contributed by atoms with van der Waals surface area (Å²) in [5.74, 6) is 0. The van der Waals surface area contributed by atoms with Crippen molar-refractivity contribution in [1.29, 1.82) is 0 Å². The molecule has 0 saturated heterocycles. The van der Waals surface area contributed by atoms with Crippen LogP contribution in [0.15, 0.2) is 158 Å². The van der Waals surface area contributed by atoms with Gasteiger partial charge in [0.15, 0.2) is 0 Å². The average Bonchev–Trinajstić information content (AvgIpc) is 3.03. The molecule has 0 fully saturated rings. The van der Waals surface area contributed by atoms with E-state index >= 15 is 0 Å². The summed E-state index contributed by atoms with van der Waals surface area (Å²) >= 11 is 0. The van der Waals surface area contributed by atoms with Crippen molar-refractivity contribution in [2.45, 2.75) is 0 Å². The SMILES string of the molecule is c1ccc(-c2cc3ccccc3cc2-c2ccc3c(ccc4cc(-c5cccc6ccccc56)ccc43)c2)cc1. The third kappa shape index (κ3) is 3.77. The summed E-state index contributed by atoms with van der Waals surface area (Å²) in [5, 5.41) is 10.2. The second-order valence-corrected chi connectivity index (χ2v) is 10.6. The van der Waals surface area contributed by atoms with Gasteiger partial charge in [0.25, 0.3) is 0 Å². The number of benzene rings is 8. The van der Waals surface area contributed by atoms with Crippen LogP contribution >= 0.6 is 0 Å². The van der Waals surface area contributed by atoms with Gasteiger partial charge in [0.2, 0.25) is 0 Å². The zero-order valence-corrected chi connectivity index (χ0v) is 22.0. The van der Waals surface area contributed by atoms with Gasteiger partial charge >= 0.3 is 0 Å². The van der Waals surface area contributed by atoms with Gasteiger partial charge in [-0.05, 0) is 101 Å². The topological polar surface area (TPSA) is 0 Å². The molecule has 8 aromatic rings. The molecule has 0 heterocycles. The summed E-state index contributed by atoms with van der Waals surface area (Å²) in [6, 6.07) is 57.6. The highest BCUT2D eigenvalue weighted by Crippen LogP contribution is 2.39. The van der Waals surface area contributed by atoms with E-state index < -0.39 is 0 Å². The fraction of sp³-hybridized carbons (Fsp3) is 0. The van der Waals surface area contributed by atoms with E-state index in [1.54, 1.807) is 0 Å². The molecule has 40 heavy (non-hydrogen) atoms. The number of hydrogen-bond acceptors (Lipinski definition) is 0. The first-order valence-corrected chi connectivity index (χ1v) is 13.9. The van der Waals surface area contributed by atoms with Crippen LogP contribution in [0.4, 0.5) is 0 Å². The molecule has 8 aromatic carbocycles. The lowest BCUT2D eigenvalue weighted by Crippen LogP contribution is -1.88. The Hall–Kier alpha value is -5.20. The lowest BCUT2D eigenvalue weighted by Gasteiger charge is -2.14. The minimum absolute atomic E-state index is 1.24. The van der Waals surface area contributed by atoms with E-state index in [0.29, 0.717) is 0 Å². The van der Waals surface area contributed by atoms with Gasteiger partial charge in [-0.25, -0.2) is 0 Å². The molecule has 0 bridgehead atoms. The molecule has 0 aliphatic heterocycles. The summed E-state index contributed by atoms with van der Waals surface area (Å²) in [7, 11) is 0. The summed E-state index contributed by atoms with van der Waals surface area (Å²) < 4.78 is 0. The zero-order valence-electron chi connectivity index (χ0n) is 22.0. The lowest BCUT2D eigenvalue weighted by atomic mass is 9.89. The van der Waals surface area contributed by atoms with E-state index in [1.807, 2.05) is 0 Å². The van der Waals surface area contributed by atoms with Crippen LogP contribution in [0, 0.1) is 0 Å². The fourth-order valence-corrected chi connectivity index (χ4v) is 6.22. The maximum Gasteiger partial charge on any atom is -0.00988 e. The lowest BCUT2D eigenvalue weighted by molar-refractivity contribution is 1.62. The molecule has 8 rings (SSSR count). The molecule has 0 heteroatoms. The molecule has 186 valence electrons. The predicted molar refractivity (Wildman–Crippen MR) is 173 cm³/mol. The molecule has 0 aliphatic rings. The van der Waals surface area contributed by atoms with Crippen molar-refractivity contribution in [2.75, 3.05) is 0 Å². The van der Waals surface area contributed by atoms with E-state index in [0.717, 1.165) is 0 Å². The maximum absolute atomic E-state index is 2.35. The second-order valence-electron chi connectivity index (χ2n) is 10.6. The molecular formula is C40H26. The van der Waals surface area contributed by atoms with Crippen molar-refractivity contribution in [2.24, 2.45) is 0 Å². The zero-order chi connectivity index (χ0) is 26.5. The van der Waals surface area contributed by atoms with Crippen LogP contribution in [-0.4, -0.2) is 0 Å². The maximum atomic E-state index is 2.35. The molecule has 0 saturated carbocycles. The Labute approximate surface area is 233 Å². The van der Waals surface area contributed by atoms with Crippen molar-refractivity contribution in [3.05, 3.63) is 158 Å². The predicted octanol–water partition coefficient (Wildman–Crippen LogP) is 11.3. The smallest absolute Gasteiger partial charge is 0.00988 e. The van der Waals surface area contributed by atoms with Gasteiger partial charge in [0.05, 0.1) is 0 Å². The third-order valence-corrected chi connectivity index (χ3v) is 8.22. The van der Waals surface area contributed by atoms with E-state index in [2.05, 4.69) is 158 Å². The molecule has 0 unspecified atom stereocenters. The van der Waals surface area contributed by atoms with Crippen LogP contribution in [-0.2, 0) is 0 Å².